The highest BCUT2D eigenvalue weighted by molar-refractivity contribution is 6.12. The van der Waals surface area contributed by atoms with Crippen LogP contribution in [0.25, 0.3) is 10.8 Å². The molecular weight excluding hydrogens is 316 g/mol. The molecule has 1 aliphatic rings. The highest BCUT2D eigenvalue weighted by Gasteiger charge is 2.32. The van der Waals surface area contributed by atoms with Gasteiger partial charge in [0.1, 0.15) is 11.7 Å². The lowest BCUT2D eigenvalue weighted by Crippen LogP contribution is -2.40. The van der Waals surface area contributed by atoms with Gasteiger partial charge < -0.3 is 5.32 Å². The maximum absolute atomic E-state index is 12.5. The fraction of sp³-hybridized carbons (Fsp3) is 0.200. The van der Waals surface area contributed by atoms with E-state index in [4.69, 9.17) is 0 Å². The number of non-ortho nitro benzene ring substituents is 1. The number of carbonyl (C=O) groups excluding carboxylic acids is 3. The number of carbonyl (C=O) groups is 3. The predicted octanol–water partition coefficient (Wildman–Crippen LogP) is 0.596. The lowest BCUT2D eigenvalue weighted by atomic mass is 10.0. The van der Waals surface area contributed by atoms with Crippen LogP contribution in [0.15, 0.2) is 24.4 Å². The zero-order valence-electron chi connectivity index (χ0n) is 12.5. The third kappa shape index (κ3) is 2.56. The Hall–Kier alpha value is -3.36. The van der Waals surface area contributed by atoms with E-state index in [0.29, 0.717) is 10.9 Å². The Balaban J connectivity index is 2.05. The molecule has 1 aliphatic heterocycles. The molecule has 2 heterocycles. The second kappa shape index (κ2) is 5.69. The number of imide groups is 1. The summed E-state index contributed by atoms with van der Waals surface area (Å²) >= 11 is 0. The lowest BCUT2D eigenvalue weighted by Gasteiger charge is -2.11. The summed E-state index contributed by atoms with van der Waals surface area (Å²) < 4.78 is 0. The van der Waals surface area contributed by atoms with Crippen LogP contribution in [0.4, 0.5) is 5.69 Å². The summed E-state index contributed by atoms with van der Waals surface area (Å²) in [5.41, 5.74) is 0.475. The second-order valence-electron chi connectivity index (χ2n) is 5.38. The number of benzene rings is 1. The van der Waals surface area contributed by atoms with Gasteiger partial charge in [0, 0.05) is 17.6 Å². The van der Waals surface area contributed by atoms with Gasteiger partial charge in [-0.25, -0.2) is 0 Å². The monoisotopic (exact) mass is 328 g/mol. The minimum absolute atomic E-state index is 0.0270. The van der Waals surface area contributed by atoms with Gasteiger partial charge in [-0.1, -0.05) is 6.07 Å². The minimum Gasteiger partial charge on any atom is -0.338 e. The first-order valence-corrected chi connectivity index (χ1v) is 7.05. The van der Waals surface area contributed by atoms with Crippen LogP contribution in [0, 0.1) is 17.0 Å². The Morgan fingerprint density at radius 2 is 2.12 bits per heavy atom. The van der Waals surface area contributed by atoms with Gasteiger partial charge in [0.25, 0.3) is 11.6 Å². The molecule has 2 N–H and O–H groups in total. The number of hydrogen-bond acceptors (Lipinski definition) is 6. The first-order valence-electron chi connectivity index (χ1n) is 7.05. The van der Waals surface area contributed by atoms with Crippen molar-refractivity contribution >= 4 is 34.2 Å². The number of nitro groups is 1. The van der Waals surface area contributed by atoms with Crippen LogP contribution >= 0.6 is 0 Å². The Bertz CT molecular complexity index is 908. The van der Waals surface area contributed by atoms with Crippen molar-refractivity contribution in [1.29, 1.82) is 0 Å². The Labute approximate surface area is 135 Å². The fourth-order valence-electron chi connectivity index (χ4n) is 2.68. The quantitative estimate of drug-likeness (QED) is 0.482. The van der Waals surface area contributed by atoms with Crippen LogP contribution in [0.3, 0.4) is 0 Å². The summed E-state index contributed by atoms with van der Waals surface area (Å²) in [5, 5.41) is 16.3. The summed E-state index contributed by atoms with van der Waals surface area (Å²) in [6, 6.07) is 3.39. The van der Waals surface area contributed by atoms with Gasteiger partial charge in [-0.2, -0.15) is 0 Å². The molecule has 0 aliphatic carbocycles. The summed E-state index contributed by atoms with van der Waals surface area (Å²) in [7, 11) is 0. The van der Waals surface area contributed by atoms with Gasteiger partial charge >= 0.3 is 0 Å². The number of nitrogens with zero attached hydrogens (tertiary/aromatic N) is 2. The fourth-order valence-corrected chi connectivity index (χ4v) is 2.68. The van der Waals surface area contributed by atoms with E-state index in [1.54, 1.807) is 6.92 Å². The molecule has 9 nitrogen and oxygen atoms in total. The Morgan fingerprint density at radius 1 is 1.38 bits per heavy atom. The number of hydrogen-bond donors (Lipinski definition) is 2. The summed E-state index contributed by atoms with van der Waals surface area (Å²) in [6.45, 7) is 1.70. The number of amides is 3. The summed E-state index contributed by atoms with van der Waals surface area (Å²) in [4.78, 5) is 49.9. The molecule has 0 saturated carbocycles. The first-order chi connectivity index (χ1) is 11.4. The van der Waals surface area contributed by atoms with Crippen molar-refractivity contribution in [3.8, 4) is 0 Å². The summed E-state index contributed by atoms with van der Waals surface area (Å²) in [5.74, 6) is -1.72. The number of nitrogens with one attached hydrogen (secondary N) is 2. The number of fused-ring (bicyclic) bond motifs is 1. The van der Waals surface area contributed by atoms with Crippen molar-refractivity contribution in [2.45, 2.75) is 19.4 Å². The van der Waals surface area contributed by atoms with Crippen molar-refractivity contribution in [2.75, 3.05) is 0 Å². The topological polar surface area (TPSA) is 131 Å². The van der Waals surface area contributed by atoms with Crippen LogP contribution in [0.2, 0.25) is 0 Å². The van der Waals surface area contributed by atoms with E-state index in [1.807, 2.05) is 0 Å². The van der Waals surface area contributed by atoms with E-state index >= 15 is 0 Å². The number of nitro benzene ring substituents is 1. The molecule has 9 heteroatoms. The maximum Gasteiger partial charge on any atom is 0.277 e. The third-order valence-electron chi connectivity index (χ3n) is 3.80. The normalized spacial score (nSPS) is 17.0. The molecule has 0 radical (unpaired) electrons. The van der Waals surface area contributed by atoms with Crippen molar-refractivity contribution in [3.63, 3.8) is 0 Å². The average Bonchev–Trinajstić information content (AvgIpc) is 2.84. The van der Waals surface area contributed by atoms with Gasteiger partial charge in [-0.3, -0.25) is 34.8 Å². The van der Waals surface area contributed by atoms with Crippen LogP contribution < -0.4 is 10.6 Å². The van der Waals surface area contributed by atoms with Crippen LogP contribution in [-0.2, 0) is 9.59 Å². The molecule has 1 aromatic heterocycles. The standard InChI is InChI=1S/C15H12N4O5/c1-7-2-3-10(19(23)24)8-4-5-16-13(12(7)8)15(22)17-9-6-11(20)18-14(9)21/h2-5,9H,6H2,1H3,(H,17,22)(H,18,20,21). The van der Waals surface area contributed by atoms with Crippen molar-refractivity contribution in [1.82, 2.24) is 15.6 Å². The van der Waals surface area contributed by atoms with Crippen LogP contribution in [-0.4, -0.2) is 33.7 Å². The van der Waals surface area contributed by atoms with E-state index in [0.717, 1.165) is 0 Å². The number of aromatic nitrogens is 1. The maximum atomic E-state index is 12.5. The molecule has 2 aromatic rings. The lowest BCUT2D eigenvalue weighted by molar-refractivity contribution is -0.383. The van der Waals surface area contributed by atoms with Gasteiger partial charge in [0.05, 0.1) is 16.7 Å². The van der Waals surface area contributed by atoms with Gasteiger partial charge in [-0.15, -0.1) is 0 Å². The van der Waals surface area contributed by atoms with E-state index in [1.165, 1.54) is 24.4 Å². The molecule has 3 rings (SSSR count). The Kier molecular flexibility index (Phi) is 3.68. The molecular formula is C15H12N4O5. The van der Waals surface area contributed by atoms with Crippen molar-refractivity contribution in [3.05, 3.63) is 45.8 Å². The van der Waals surface area contributed by atoms with Gasteiger partial charge in [0.15, 0.2) is 0 Å². The minimum atomic E-state index is -0.971. The van der Waals surface area contributed by atoms with Crippen LogP contribution in [0.1, 0.15) is 22.5 Å². The second-order valence-corrected chi connectivity index (χ2v) is 5.38. The SMILES string of the molecule is Cc1ccc([N+](=O)[O-])c2ccnc(C(=O)NC3CC(=O)NC3=O)c12. The highest BCUT2D eigenvalue weighted by Crippen LogP contribution is 2.29. The zero-order chi connectivity index (χ0) is 17.4. The molecule has 24 heavy (non-hydrogen) atoms. The summed E-state index contributed by atoms with van der Waals surface area (Å²) in [6.07, 6.45) is 1.15. The molecule has 1 aromatic carbocycles. The molecule has 0 spiro atoms. The largest absolute Gasteiger partial charge is 0.338 e. The molecule has 1 unspecified atom stereocenters. The average molecular weight is 328 g/mol. The van der Waals surface area contributed by atoms with Crippen molar-refractivity contribution in [2.24, 2.45) is 0 Å². The van der Waals surface area contributed by atoms with Crippen LogP contribution in [0.5, 0.6) is 0 Å². The molecule has 1 atom stereocenters. The molecule has 3 amide bonds. The number of pyridine rings is 1. The molecule has 1 saturated heterocycles. The van der Waals surface area contributed by atoms with E-state index in [9.17, 15) is 24.5 Å². The van der Waals surface area contributed by atoms with E-state index in [-0.39, 0.29) is 23.2 Å². The van der Waals surface area contributed by atoms with Gasteiger partial charge in [0.2, 0.25) is 11.8 Å². The molecule has 0 bridgehead atoms. The van der Waals surface area contributed by atoms with Crippen molar-refractivity contribution < 1.29 is 19.3 Å². The molecule has 1 fully saturated rings. The number of aryl methyl sites for hydroxylation is 1. The number of rotatable bonds is 3. The smallest absolute Gasteiger partial charge is 0.277 e. The van der Waals surface area contributed by atoms with E-state index < -0.39 is 28.7 Å². The van der Waals surface area contributed by atoms with E-state index in [2.05, 4.69) is 15.6 Å². The Morgan fingerprint density at radius 3 is 2.75 bits per heavy atom. The predicted molar refractivity (Wildman–Crippen MR) is 82.2 cm³/mol. The van der Waals surface area contributed by atoms with Gasteiger partial charge in [-0.05, 0) is 18.6 Å². The highest BCUT2D eigenvalue weighted by atomic mass is 16.6. The first kappa shape index (κ1) is 15.5. The molecule has 122 valence electrons. The zero-order valence-corrected chi connectivity index (χ0v) is 12.5. The third-order valence-corrected chi connectivity index (χ3v) is 3.80.